The van der Waals surface area contributed by atoms with Gasteiger partial charge in [0.2, 0.25) is 5.91 Å². The SMILES string of the molecule is NC1CC(NC(=O)C2CC=CCC2)C1. The van der Waals surface area contributed by atoms with Crippen molar-refractivity contribution >= 4 is 5.91 Å². The molecule has 0 saturated heterocycles. The van der Waals surface area contributed by atoms with Crippen molar-refractivity contribution in [2.45, 2.75) is 44.2 Å². The van der Waals surface area contributed by atoms with E-state index < -0.39 is 0 Å². The van der Waals surface area contributed by atoms with E-state index in [0.29, 0.717) is 12.1 Å². The summed E-state index contributed by atoms with van der Waals surface area (Å²) < 4.78 is 0. The lowest BCUT2D eigenvalue weighted by molar-refractivity contribution is -0.126. The maximum absolute atomic E-state index is 11.7. The number of carbonyl (C=O) groups excluding carboxylic acids is 1. The zero-order valence-corrected chi connectivity index (χ0v) is 8.41. The first-order chi connectivity index (χ1) is 6.75. The van der Waals surface area contributed by atoms with Crippen molar-refractivity contribution in [2.75, 3.05) is 0 Å². The molecule has 0 spiro atoms. The largest absolute Gasteiger partial charge is 0.353 e. The van der Waals surface area contributed by atoms with E-state index in [1.807, 2.05) is 0 Å². The van der Waals surface area contributed by atoms with Crippen LogP contribution >= 0.6 is 0 Å². The minimum atomic E-state index is 0.205. The molecule has 1 unspecified atom stereocenters. The number of allylic oxidation sites excluding steroid dienone is 2. The predicted octanol–water partition coefficient (Wildman–Crippen LogP) is 0.949. The summed E-state index contributed by atoms with van der Waals surface area (Å²) in [6, 6.07) is 0.662. The number of amides is 1. The maximum Gasteiger partial charge on any atom is 0.223 e. The highest BCUT2D eigenvalue weighted by atomic mass is 16.1. The molecule has 2 aliphatic rings. The number of nitrogens with one attached hydrogen (secondary N) is 1. The second-order valence-corrected chi connectivity index (χ2v) is 4.42. The lowest BCUT2D eigenvalue weighted by Crippen LogP contribution is -2.51. The fourth-order valence-electron chi connectivity index (χ4n) is 2.13. The quantitative estimate of drug-likeness (QED) is 0.643. The number of carbonyl (C=O) groups is 1. The monoisotopic (exact) mass is 194 g/mol. The Morgan fingerprint density at radius 3 is 2.71 bits per heavy atom. The van der Waals surface area contributed by atoms with Gasteiger partial charge in [0.25, 0.3) is 0 Å². The van der Waals surface area contributed by atoms with Gasteiger partial charge >= 0.3 is 0 Å². The van der Waals surface area contributed by atoms with E-state index >= 15 is 0 Å². The molecular formula is C11H18N2O. The molecule has 2 aliphatic carbocycles. The Labute approximate surface area is 84.7 Å². The summed E-state index contributed by atoms with van der Waals surface area (Å²) in [5.74, 6) is 0.433. The van der Waals surface area contributed by atoms with E-state index in [0.717, 1.165) is 32.1 Å². The Kier molecular flexibility index (Phi) is 2.87. The molecule has 0 heterocycles. The summed E-state index contributed by atoms with van der Waals surface area (Å²) in [6.45, 7) is 0. The van der Waals surface area contributed by atoms with Crippen LogP contribution in [0.15, 0.2) is 12.2 Å². The average molecular weight is 194 g/mol. The van der Waals surface area contributed by atoms with Crippen molar-refractivity contribution in [3.05, 3.63) is 12.2 Å². The van der Waals surface area contributed by atoms with Crippen LogP contribution in [0.25, 0.3) is 0 Å². The van der Waals surface area contributed by atoms with Gasteiger partial charge in [-0.2, -0.15) is 0 Å². The minimum absolute atomic E-state index is 0.205. The molecule has 0 aromatic carbocycles. The van der Waals surface area contributed by atoms with Crippen LogP contribution in [0.5, 0.6) is 0 Å². The molecular weight excluding hydrogens is 176 g/mol. The zero-order valence-electron chi connectivity index (χ0n) is 8.41. The van der Waals surface area contributed by atoms with E-state index in [-0.39, 0.29) is 11.8 Å². The van der Waals surface area contributed by atoms with Gasteiger partial charge in [0.1, 0.15) is 0 Å². The topological polar surface area (TPSA) is 55.1 Å². The van der Waals surface area contributed by atoms with Crippen LogP contribution in [0, 0.1) is 5.92 Å². The lowest BCUT2D eigenvalue weighted by Gasteiger charge is -2.34. The van der Waals surface area contributed by atoms with Gasteiger partial charge < -0.3 is 11.1 Å². The van der Waals surface area contributed by atoms with Crippen LogP contribution in [0.3, 0.4) is 0 Å². The van der Waals surface area contributed by atoms with Crippen LogP contribution in [0.4, 0.5) is 0 Å². The first kappa shape index (κ1) is 9.71. The normalized spacial score (nSPS) is 36.2. The standard InChI is InChI=1S/C11H18N2O/c12-9-6-10(7-9)13-11(14)8-4-2-1-3-5-8/h1-2,8-10H,3-7,12H2,(H,13,14). The summed E-state index contributed by atoms with van der Waals surface area (Å²) >= 11 is 0. The fourth-order valence-corrected chi connectivity index (χ4v) is 2.13. The molecule has 0 bridgehead atoms. The summed E-state index contributed by atoms with van der Waals surface area (Å²) in [6.07, 6.45) is 9.12. The van der Waals surface area contributed by atoms with E-state index in [4.69, 9.17) is 5.73 Å². The van der Waals surface area contributed by atoms with Gasteiger partial charge in [0.15, 0.2) is 0 Å². The third kappa shape index (κ3) is 2.15. The third-order valence-corrected chi connectivity index (χ3v) is 3.16. The van der Waals surface area contributed by atoms with E-state index in [2.05, 4.69) is 17.5 Å². The van der Waals surface area contributed by atoms with Gasteiger partial charge in [-0.15, -0.1) is 0 Å². The molecule has 0 radical (unpaired) electrons. The third-order valence-electron chi connectivity index (χ3n) is 3.16. The van der Waals surface area contributed by atoms with Crippen molar-refractivity contribution in [1.82, 2.24) is 5.32 Å². The molecule has 78 valence electrons. The highest BCUT2D eigenvalue weighted by molar-refractivity contribution is 5.79. The Morgan fingerprint density at radius 2 is 2.14 bits per heavy atom. The van der Waals surface area contributed by atoms with E-state index in [1.54, 1.807) is 0 Å². The maximum atomic E-state index is 11.7. The van der Waals surface area contributed by atoms with Crippen LogP contribution < -0.4 is 11.1 Å². The Balaban J connectivity index is 1.75. The Hall–Kier alpha value is -0.830. The number of rotatable bonds is 2. The molecule has 0 aromatic heterocycles. The molecule has 1 atom stereocenters. The summed E-state index contributed by atoms with van der Waals surface area (Å²) in [4.78, 5) is 11.7. The van der Waals surface area contributed by atoms with Crippen molar-refractivity contribution in [3.63, 3.8) is 0 Å². The highest BCUT2D eigenvalue weighted by Gasteiger charge is 2.29. The average Bonchev–Trinajstić information content (AvgIpc) is 2.17. The molecule has 14 heavy (non-hydrogen) atoms. The lowest BCUT2D eigenvalue weighted by atomic mass is 9.86. The molecule has 1 saturated carbocycles. The molecule has 3 N–H and O–H groups in total. The van der Waals surface area contributed by atoms with Crippen LogP contribution in [-0.4, -0.2) is 18.0 Å². The first-order valence-electron chi connectivity index (χ1n) is 5.46. The number of hydrogen-bond donors (Lipinski definition) is 2. The molecule has 1 amide bonds. The Bertz CT molecular complexity index is 244. The van der Waals surface area contributed by atoms with Gasteiger partial charge in [0.05, 0.1) is 0 Å². The molecule has 2 rings (SSSR count). The Morgan fingerprint density at radius 1 is 1.36 bits per heavy atom. The van der Waals surface area contributed by atoms with Gasteiger partial charge in [-0.25, -0.2) is 0 Å². The first-order valence-corrected chi connectivity index (χ1v) is 5.46. The van der Waals surface area contributed by atoms with Crippen molar-refractivity contribution in [3.8, 4) is 0 Å². The van der Waals surface area contributed by atoms with Gasteiger partial charge in [-0.1, -0.05) is 12.2 Å². The highest BCUT2D eigenvalue weighted by Crippen LogP contribution is 2.21. The molecule has 3 nitrogen and oxygen atoms in total. The fraction of sp³-hybridized carbons (Fsp3) is 0.727. The molecule has 1 fully saturated rings. The van der Waals surface area contributed by atoms with Gasteiger partial charge in [-0.05, 0) is 32.1 Å². The van der Waals surface area contributed by atoms with Crippen LogP contribution in [-0.2, 0) is 4.79 Å². The predicted molar refractivity (Wildman–Crippen MR) is 55.6 cm³/mol. The number of nitrogens with two attached hydrogens (primary N) is 1. The molecule has 0 aliphatic heterocycles. The summed E-state index contributed by atoms with van der Waals surface area (Å²) in [5, 5.41) is 3.06. The van der Waals surface area contributed by atoms with Crippen molar-refractivity contribution in [2.24, 2.45) is 11.7 Å². The van der Waals surface area contributed by atoms with Crippen molar-refractivity contribution in [1.29, 1.82) is 0 Å². The second kappa shape index (κ2) is 4.13. The number of hydrogen-bond acceptors (Lipinski definition) is 2. The smallest absolute Gasteiger partial charge is 0.223 e. The van der Waals surface area contributed by atoms with E-state index in [1.165, 1.54) is 0 Å². The summed E-state index contributed by atoms with van der Waals surface area (Å²) in [7, 11) is 0. The second-order valence-electron chi connectivity index (χ2n) is 4.42. The summed E-state index contributed by atoms with van der Waals surface area (Å²) in [5.41, 5.74) is 5.66. The minimum Gasteiger partial charge on any atom is -0.353 e. The van der Waals surface area contributed by atoms with E-state index in [9.17, 15) is 4.79 Å². The molecule has 3 heteroatoms. The van der Waals surface area contributed by atoms with Gasteiger partial charge in [-0.3, -0.25) is 4.79 Å². The van der Waals surface area contributed by atoms with Crippen LogP contribution in [0.2, 0.25) is 0 Å². The zero-order chi connectivity index (χ0) is 9.97. The molecule has 0 aromatic rings. The van der Waals surface area contributed by atoms with Gasteiger partial charge in [0, 0.05) is 18.0 Å². The van der Waals surface area contributed by atoms with Crippen LogP contribution in [0.1, 0.15) is 32.1 Å². The van der Waals surface area contributed by atoms with Crippen molar-refractivity contribution < 1.29 is 4.79 Å².